The molecule has 1 aromatic carbocycles. The molecule has 25 heavy (non-hydrogen) atoms. The van der Waals surface area contributed by atoms with Gasteiger partial charge in [-0.05, 0) is 51.4 Å². The van der Waals surface area contributed by atoms with E-state index in [4.69, 9.17) is 0 Å². The molecule has 0 aliphatic carbocycles. The number of hydrogen-bond donors (Lipinski definition) is 0. The van der Waals surface area contributed by atoms with Gasteiger partial charge in [0.2, 0.25) is 0 Å². The normalized spacial score (nSPS) is 24.2. The first-order chi connectivity index (χ1) is 12.1. The van der Waals surface area contributed by atoms with Crippen LogP contribution in [0.25, 0.3) is 5.69 Å². The first-order valence-electron chi connectivity index (χ1n) is 8.96. The number of likely N-dealkylation sites (N-methyl/N-ethyl adjacent to an activating group) is 1. The molecule has 2 aromatic rings. The average molecular weight is 342 g/mol. The molecule has 6 heteroatoms. The monoisotopic (exact) mass is 342 g/mol. The van der Waals surface area contributed by atoms with Crippen LogP contribution >= 0.6 is 0 Å². The Morgan fingerprint density at radius 3 is 2.68 bits per heavy atom. The highest BCUT2D eigenvalue weighted by molar-refractivity contribution is 5.94. The largest absolute Gasteiger partial charge is 0.334 e. The Bertz CT molecular complexity index is 774. The molecule has 2 atom stereocenters. The fraction of sp³-hybridized carbons (Fsp3) is 0.474. The number of para-hydroxylation sites is 1. The quantitative estimate of drug-likeness (QED) is 0.861. The van der Waals surface area contributed by atoms with Gasteiger partial charge in [0.05, 0.1) is 11.8 Å². The van der Waals surface area contributed by atoms with Gasteiger partial charge in [-0.1, -0.05) is 12.1 Å². The number of aromatic nitrogens is 2. The van der Waals surface area contributed by atoms with E-state index in [0.717, 1.165) is 32.4 Å². The van der Waals surface area contributed by atoms with Crippen molar-refractivity contribution in [2.24, 2.45) is 0 Å². The van der Waals surface area contributed by atoms with E-state index in [-0.39, 0.29) is 17.8 Å². The van der Waals surface area contributed by atoms with Crippen LogP contribution in [-0.2, 0) is 0 Å². The predicted molar refractivity (Wildman–Crippen MR) is 93.2 cm³/mol. The van der Waals surface area contributed by atoms with Crippen LogP contribution in [0.15, 0.2) is 36.7 Å². The average Bonchev–Trinajstić information content (AvgIpc) is 3.34. The molecule has 2 aliphatic rings. The maximum Gasteiger partial charge on any atom is 0.257 e. The first kappa shape index (κ1) is 16.3. The second-order valence-corrected chi connectivity index (χ2v) is 7.02. The maximum absolute atomic E-state index is 13.9. The highest BCUT2D eigenvalue weighted by Crippen LogP contribution is 2.30. The molecule has 132 valence electrons. The topological polar surface area (TPSA) is 41.4 Å². The lowest BCUT2D eigenvalue weighted by molar-refractivity contribution is 0.0664. The van der Waals surface area contributed by atoms with Crippen LogP contribution in [0.3, 0.4) is 0 Å². The van der Waals surface area contributed by atoms with Gasteiger partial charge in [0.25, 0.3) is 5.91 Å². The van der Waals surface area contributed by atoms with E-state index in [9.17, 15) is 9.18 Å². The lowest BCUT2D eigenvalue weighted by Crippen LogP contribution is -2.47. The second kappa shape index (κ2) is 6.59. The summed E-state index contributed by atoms with van der Waals surface area (Å²) in [6.45, 7) is 1.90. The lowest BCUT2D eigenvalue weighted by atomic mass is 10.0. The smallest absolute Gasteiger partial charge is 0.257 e. The number of amides is 1. The van der Waals surface area contributed by atoms with Crippen molar-refractivity contribution in [3.63, 3.8) is 0 Å². The molecule has 0 radical (unpaired) electrons. The van der Waals surface area contributed by atoms with E-state index in [1.165, 1.54) is 17.2 Å². The fourth-order valence-corrected chi connectivity index (χ4v) is 4.24. The van der Waals surface area contributed by atoms with Crippen molar-refractivity contribution < 1.29 is 9.18 Å². The second-order valence-electron chi connectivity index (χ2n) is 7.02. The molecule has 3 heterocycles. The zero-order valence-corrected chi connectivity index (χ0v) is 14.4. The Hall–Kier alpha value is -2.21. The third-order valence-electron chi connectivity index (χ3n) is 5.51. The SMILES string of the molecule is CN1CCC[C@H]1[C@@H]1CCCN1C(=O)c1cnn(-c2ccccc2F)c1. The van der Waals surface area contributed by atoms with Crippen molar-refractivity contribution in [1.29, 1.82) is 0 Å². The number of rotatable bonds is 3. The zero-order chi connectivity index (χ0) is 17.4. The Morgan fingerprint density at radius 1 is 1.16 bits per heavy atom. The molecular formula is C19H23FN4O. The Kier molecular flexibility index (Phi) is 4.29. The molecule has 1 amide bonds. The molecule has 0 spiro atoms. The summed E-state index contributed by atoms with van der Waals surface area (Å²) in [4.78, 5) is 17.4. The van der Waals surface area contributed by atoms with E-state index in [1.807, 2.05) is 4.90 Å². The molecule has 0 saturated carbocycles. The van der Waals surface area contributed by atoms with Gasteiger partial charge in [0.1, 0.15) is 11.5 Å². The Morgan fingerprint density at radius 2 is 1.92 bits per heavy atom. The van der Waals surface area contributed by atoms with Crippen molar-refractivity contribution in [3.8, 4) is 5.69 Å². The number of benzene rings is 1. The van der Waals surface area contributed by atoms with Gasteiger partial charge < -0.3 is 9.80 Å². The van der Waals surface area contributed by atoms with Crippen LogP contribution in [0.1, 0.15) is 36.0 Å². The van der Waals surface area contributed by atoms with E-state index in [1.54, 1.807) is 30.6 Å². The van der Waals surface area contributed by atoms with Crippen LogP contribution in [0.5, 0.6) is 0 Å². The van der Waals surface area contributed by atoms with E-state index >= 15 is 0 Å². The minimum absolute atomic E-state index is 0.00499. The minimum Gasteiger partial charge on any atom is -0.334 e. The molecule has 5 nitrogen and oxygen atoms in total. The molecule has 4 rings (SSSR count). The fourth-order valence-electron chi connectivity index (χ4n) is 4.24. The van der Waals surface area contributed by atoms with Crippen molar-refractivity contribution in [3.05, 3.63) is 48.0 Å². The molecule has 0 bridgehead atoms. The van der Waals surface area contributed by atoms with Gasteiger partial charge in [0, 0.05) is 24.8 Å². The summed E-state index contributed by atoms with van der Waals surface area (Å²) in [5, 5.41) is 4.20. The molecule has 1 aromatic heterocycles. The van der Waals surface area contributed by atoms with Gasteiger partial charge in [-0.2, -0.15) is 5.10 Å². The van der Waals surface area contributed by atoms with E-state index < -0.39 is 0 Å². The highest BCUT2D eigenvalue weighted by Gasteiger charge is 2.38. The van der Waals surface area contributed by atoms with E-state index in [2.05, 4.69) is 17.0 Å². The van der Waals surface area contributed by atoms with Gasteiger partial charge in [-0.25, -0.2) is 9.07 Å². The number of hydrogen-bond acceptors (Lipinski definition) is 3. The molecule has 0 unspecified atom stereocenters. The first-order valence-corrected chi connectivity index (χ1v) is 8.96. The van der Waals surface area contributed by atoms with Crippen molar-refractivity contribution >= 4 is 5.91 Å². The van der Waals surface area contributed by atoms with Crippen LogP contribution in [-0.4, -0.2) is 57.7 Å². The Balaban J connectivity index is 1.56. The number of carbonyl (C=O) groups excluding carboxylic acids is 1. The van der Waals surface area contributed by atoms with Gasteiger partial charge in [0.15, 0.2) is 0 Å². The standard InChI is InChI=1S/C19H23FN4O/c1-22-10-4-8-17(22)18-9-5-11-23(18)19(25)14-12-21-24(13-14)16-7-3-2-6-15(16)20/h2-3,6-7,12-13,17-18H,4-5,8-11H2,1H3/t17-,18-/m0/s1. The molecule has 2 fully saturated rings. The zero-order valence-electron chi connectivity index (χ0n) is 14.4. The third-order valence-corrected chi connectivity index (χ3v) is 5.51. The number of likely N-dealkylation sites (tertiary alicyclic amines) is 2. The summed E-state index contributed by atoms with van der Waals surface area (Å²) in [6.07, 6.45) is 7.63. The molecule has 2 aliphatic heterocycles. The number of nitrogens with zero attached hydrogens (tertiary/aromatic N) is 4. The molecule has 0 N–H and O–H groups in total. The minimum atomic E-state index is -0.351. The van der Waals surface area contributed by atoms with Crippen LogP contribution in [0, 0.1) is 5.82 Å². The van der Waals surface area contributed by atoms with Crippen LogP contribution in [0.4, 0.5) is 4.39 Å². The predicted octanol–water partition coefficient (Wildman–Crippen LogP) is 2.71. The van der Waals surface area contributed by atoms with E-state index in [0.29, 0.717) is 17.3 Å². The summed E-state index contributed by atoms with van der Waals surface area (Å²) >= 11 is 0. The van der Waals surface area contributed by atoms with Crippen LogP contribution in [0.2, 0.25) is 0 Å². The van der Waals surface area contributed by atoms with Crippen molar-refractivity contribution in [2.75, 3.05) is 20.1 Å². The Labute approximate surface area is 147 Å². The van der Waals surface area contributed by atoms with Gasteiger partial charge >= 0.3 is 0 Å². The summed E-state index contributed by atoms with van der Waals surface area (Å²) in [5.74, 6) is -0.346. The number of carbonyl (C=O) groups is 1. The molecular weight excluding hydrogens is 319 g/mol. The summed E-state index contributed by atoms with van der Waals surface area (Å²) in [7, 11) is 2.15. The van der Waals surface area contributed by atoms with Crippen LogP contribution < -0.4 is 0 Å². The third kappa shape index (κ3) is 2.95. The lowest BCUT2D eigenvalue weighted by Gasteiger charge is -2.33. The molecule has 2 saturated heterocycles. The number of halogens is 1. The van der Waals surface area contributed by atoms with Crippen molar-refractivity contribution in [1.82, 2.24) is 19.6 Å². The summed E-state index contributed by atoms with van der Waals surface area (Å²) in [6, 6.07) is 7.17. The van der Waals surface area contributed by atoms with Gasteiger partial charge in [-0.15, -0.1) is 0 Å². The highest BCUT2D eigenvalue weighted by atomic mass is 19.1. The summed E-state index contributed by atoms with van der Waals surface area (Å²) in [5.41, 5.74) is 0.880. The maximum atomic E-state index is 13.9. The van der Waals surface area contributed by atoms with Crippen molar-refractivity contribution in [2.45, 2.75) is 37.8 Å². The summed E-state index contributed by atoms with van der Waals surface area (Å²) < 4.78 is 15.4. The van der Waals surface area contributed by atoms with Gasteiger partial charge in [-0.3, -0.25) is 4.79 Å².